The van der Waals surface area contributed by atoms with Crippen LogP contribution in [-0.4, -0.2) is 32.8 Å². The van der Waals surface area contributed by atoms with Crippen molar-refractivity contribution in [1.29, 1.82) is 0 Å². The summed E-state index contributed by atoms with van der Waals surface area (Å²) >= 11 is 3.61. The van der Waals surface area contributed by atoms with E-state index in [1.54, 1.807) is 0 Å². The van der Waals surface area contributed by atoms with Crippen LogP contribution < -0.4 is 5.32 Å². The van der Waals surface area contributed by atoms with Gasteiger partial charge in [-0.15, -0.1) is 0 Å². The first-order valence-corrected chi connectivity index (χ1v) is 12.1. The van der Waals surface area contributed by atoms with Gasteiger partial charge in [0.15, 0.2) is 0 Å². The number of carbonyl (C=O) groups excluding carboxylic acids is 1. The van der Waals surface area contributed by atoms with Crippen molar-refractivity contribution in [2.75, 3.05) is 6.54 Å². The Morgan fingerprint density at radius 2 is 1.91 bits per heavy atom. The molecule has 0 bridgehead atoms. The first-order valence-electron chi connectivity index (χ1n) is 11.3. The van der Waals surface area contributed by atoms with Crippen LogP contribution in [0.15, 0.2) is 53.1 Å². The molecule has 2 aromatic carbocycles. The molecule has 1 aliphatic rings. The number of pyridine rings is 1. The molecule has 1 fully saturated rings. The second-order valence-corrected chi connectivity index (χ2v) is 10.5. The molecule has 4 aromatic rings. The van der Waals surface area contributed by atoms with Crippen LogP contribution in [-0.2, 0) is 11.2 Å². The number of carbonyl (C=O) groups is 1. The minimum absolute atomic E-state index is 0.385. The van der Waals surface area contributed by atoms with Crippen LogP contribution in [0.5, 0.6) is 0 Å². The molecule has 1 N–H and O–H groups in total. The normalized spacial score (nSPS) is 14.1. The van der Waals surface area contributed by atoms with Gasteiger partial charge in [0.05, 0.1) is 17.2 Å². The summed E-state index contributed by atoms with van der Waals surface area (Å²) in [6.07, 6.45) is 4.58. The lowest BCUT2D eigenvalue weighted by Crippen LogP contribution is -2.33. The molecular formula is C26H27BrN4O2. The summed E-state index contributed by atoms with van der Waals surface area (Å²) < 4.78 is 8.62. The van der Waals surface area contributed by atoms with Crippen LogP contribution in [0.2, 0.25) is 0 Å². The number of nitrogens with one attached hydrogen (secondary N) is 1. The summed E-state index contributed by atoms with van der Waals surface area (Å²) in [4.78, 5) is 21.5. The fraction of sp³-hybridized carbons (Fsp3) is 0.346. The molecule has 2 heterocycles. The Balaban J connectivity index is 1.44. The molecule has 0 atom stereocenters. The third-order valence-corrected chi connectivity index (χ3v) is 6.18. The summed E-state index contributed by atoms with van der Waals surface area (Å²) in [5.74, 6) is 1.61. The van der Waals surface area contributed by atoms with E-state index in [1.807, 2.05) is 39.1 Å². The van der Waals surface area contributed by atoms with E-state index in [1.165, 1.54) is 12.8 Å². The smallest absolute Gasteiger partial charge is 0.407 e. The van der Waals surface area contributed by atoms with E-state index in [2.05, 4.69) is 61.1 Å². The molecule has 7 heteroatoms. The molecule has 0 spiro atoms. The summed E-state index contributed by atoms with van der Waals surface area (Å²) in [5.41, 5.74) is 4.74. The van der Waals surface area contributed by atoms with E-state index in [9.17, 15) is 4.79 Å². The van der Waals surface area contributed by atoms with Gasteiger partial charge in [-0.1, -0.05) is 28.1 Å². The van der Waals surface area contributed by atoms with Crippen molar-refractivity contribution in [2.45, 2.75) is 51.6 Å². The van der Waals surface area contributed by atoms with Gasteiger partial charge in [-0.3, -0.25) is 9.55 Å². The highest BCUT2D eigenvalue weighted by Gasteiger charge is 2.30. The van der Waals surface area contributed by atoms with Crippen molar-refractivity contribution in [1.82, 2.24) is 19.9 Å². The average Bonchev–Trinajstić information content (AvgIpc) is 3.52. The van der Waals surface area contributed by atoms with E-state index in [4.69, 9.17) is 9.72 Å². The highest BCUT2D eigenvalue weighted by atomic mass is 79.9. The van der Waals surface area contributed by atoms with Gasteiger partial charge in [0.25, 0.3) is 0 Å². The zero-order chi connectivity index (χ0) is 23.2. The third kappa shape index (κ3) is 4.74. The Bertz CT molecular complexity index is 1330. The first-order chi connectivity index (χ1) is 15.8. The van der Waals surface area contributed by atoms with E-state index in [0.29, 0.717) is 12.5 Å². The topological polar surface area (TPSA) is 69.0 Å². The zero-order valence-electron chi connectivity index (χ0n) is 19.1. The Hall–Kier alpha value is -2.93. The first kappa shape index (κ1) is 21.9. The van der Waals surface area contributed by atoms with Gasteiger partial charge in [0.2, 0.25) is 0 Å². The number of benzene rings is 2. The predicted octanol–water partition coefficient (Wildman–Crippen LogP) is 6.28. The summed E-state index contributed by atoms with van der Waals surface area (Å²) in [6, 6.07) is 14.7. The van der Waals surface area contributed by atoms with Gasteiger partial charge in [0.1, 0.15) is 16.9 Å². The Kier molecular flexibility index (Phi) is 5.60. The maximum atomic E-state index is 11.9. The molecule has 5 rings (SSSR count). The van der Waals surface area contributed by atoms with Crippen molar-refractivity contribution < 1.29 is 9.53 Å². The quantitative estimate of drug-likeness (QED) is 0.345. The molecular weight excluding hydrogens is 480 g/mol. The molecule has 0 unspecified atom stereocenters. The average molecular weight is 507 g/mol. The molecule has 170 valence electrons. The number of hydrogen-bond donors (Lipinski definition) is 1. The number of halogens is 1. The van der Waals surface area contributed by atoms with Gasteiger partial charge in [0, 0.05) is 28.0 Å². The number of amides is 1. The second kappa shape index (κ2) is 8.45. The number of rotatable bonds is 5. The minimum atomic E-state index is -0.492. The predicted molar refractivity (Wildman–Crippen MR) is 134 cm³/mol. The van der Waals surface area contributed by atoms with Crippen molar-refractivity contribution in [3.05, 3.63) is 64.5 Å². The molecule has 33 heavy (non-hydrogen) atoms. The molecule has 6 nitrogen and oxygen atoms in total. The lowest BCUT2D eigenvalue weighted by atomic mass is 10.1. The van der Waals surface area contributed by atoms with Gasteiger partial charge < -0.3 is 10.1 Å². The maximum Gasteiger partial charge on any atom is 0.407 e. The highest BCUT2D eigenvalue weighted by molar-refractivity contribution is 9.10. The Morgan fingerprint density at radius 3 is 2.61 bits per heavy atom. The van der Waals surface area contributed by atoms with Crippen LogP contribution in [0.4, 0.5) is 4.79 Å². The summed E-state index contributed by atoms with van der Waals surface area (Å²) in [5, 5.41) is 3.91. The number of alkyl carbamates (subject to hydrolysis) is 1. The summed E-state index contributed by atoms with van der Waals surface area (Å²) in [6.45, 7) is 6.11. The monoisotopic (exact) mass is 506 g/mol. The molecule has 1 amide bonds. The van der Waals surface area contributed by atoms with Gasteiger partial charge in [-0.05, 0) is 75.9 Å². The van der Waals surface area contributed by atoms with Crippen LogP contribution in [0.3, 0.4) is 0 Å². The largest absolute Gasteiger partial charge is 0.444 e. The Morgan fingerprint density at radius 1 is 1.15 bits per heavy atom. The second-order valence-electron chi connectivity index (χ2n) is 9.58. The van der Waals surface area contributed by atoms with Crippen LogP contribution in [0, 0.1) is 0 Å². The lowest BCUT2D eigenvalue weighted by molar-refractivity contribution is 0.0528. The highest BCUT2D eigenvalue weighted by Crippen LogP contribution is 2.42. The molecule has 0 saturated heterocycles. The van der Waals surface area contributed by atoms with Crippen molar-refractivity contribution in [2.24, 2.45) is 0 Å². The molecule has 1 saturated carbocycles. The maximum absolute atomic E-state index is 11.9. The van der Waals surface area contributed by atoms with Crippen molar-refractivity contribution >= 4 is 44.0 Å². The van der Waals surface area contributed by atoms with Gasteiger partial charge >= 0.3 is 6.09 Å². The Labute approximate surface area is 201 Å². The number of imidazole rings is 1. The van der Waals surface area contributed by atoms with Crippen LogP contribution >= 0.6 is 15.9 Å². The molecule has 0 aliphatic heterocycles. The lowest BCUT2D eigenvalue weighted by Gasteiger charge is -2.19. The van der Waals surface area contributed by atoms with E-state index in [0.717, 1.165) is 49.9 Å². The van der Waals surface area contributed by atoms with Crippen LogP contribution in [0.25, 0.3) is 27.6 Å². The van der Waals surface area contributed by atoms with Gasteiger partial charge in [-0.25, -0.2) is 9.78 Å². The molecule has 1 aliphatic carbocycles. The standard InChI is InChI=1S/C26H27BrN4O2/c1-26(2,3)33-25(32)28-13-12-16-4-9-19(10-5-16)31-23-20-14-18(27)8-11-21(20)29-15-22(23)30-24(31)17-6-7-17/h4-5,8-11,14-15,17H,6-7,12-13H2,1-3H3,(H,28,32). The number of fused-ring (bicyclic) bond motifs is 3. The van der Waals surface area contributed by atoms with Crippen molar-refractivity contribution in [3.63, 3.8) is 0 Å². The fourth-order valence-corrected chi connectivity index (χ4v) is 4.42. The number of aromatic nitrogens is 3. The zero-order valence-corrected chi connectivity index (χ0v) is 20.6. The number of ether oxygens (including phenoxy) is 1. The molecule has 2 aromatic heterocycles. The SMILES string of the molecule is CC(C)(C)OC(=O)NCCc1ccc(-n2c(C3CC3)nc3cnc4ccc(Br)cc4c32)cc1. The van der Waals surface area contributed by atoms with Crippen LogP contribution in [0.1, 0.15) is 50.9 Å². The summed E-state index contributed by atoms with van der Waals surface area (Å²) in [7, 11) is 0. The number of nitrogens with zero attached hydrogens (tertiary/aromatic N) is 3. The van der Waals surface area contributed by atoms with E-state index < -0.39 is 5.60 Å². The number of hydrogen-bond acceptors (Lipinski definition) is 4. The van der Waals surface area contributed by atoms with Crippen molar-refractivity contribution in [3.8, 4) is 5.69 Å². The fourth-order valence-electron chi connectivity index (χ4n) is 4.06. The molecule has 0 radical (unpaired) electrons. The van der Waals surface area contributed by atoms with E-state index in [-0.39, 0.29) is 6.09 Å². The van der Waals surface area contributed by atoms with E-state index >= 15 is 0 Å². The van der Waals surface area contributed by atoms with Gasteiger partial charge in [-0.2, -0.15) is 0 Å². The minimum Gasteiger partial charge on any atom is -0.444 e. The third-order valence-electron chi connectivity index (χ3n) is 5.69.